The van der Waals surface area contributed by atoms with Gasteiger partial charge in [0.15, 0.2) is 11.6 Å². The van der Waals surface area contributed by atoms with Gasteiger partial charge in [0, 0.05) is 6.20 Å². The predicted molar refractivity (Wildman–Crippen MR) is 116 cm³/mol. The molecule has 0 unspecified atom stereocenters. The summed E-state index contributed by atoms with van der Waals surface area (Å²) in [6.45, 7) is 2.39. The minimum Gasteiger partial charge on any atom is -0.489 e. The molecule has 0 radical (unpaired) electrons. The normalized spacial score (nSPS) is 14.6. The maximum atomic E-state index is 12.7. The molecule has 3 aromatic rings. The molecule has 2 aromatic heterocycles. The Morgan fingerprint density at radius 1 is 1.17 bits per heavy atom. The van der Waals surface area contributed by atoms with Gasteiger partial charge in [0.25, 0.3) is 5.56 Å². The zero-order valence-corrected chi connectivity index (χ0v) is 17.1. The quantitative estimate of drug-likeness (QED) is 0.675. The van der Waals surface area contributed by atoms with E-state index in [1.165, 1.54) is 43.0 Å². The van der Waals surface area contributed by atoms with Gasteiger partial charge in [-0.2, -0.15) is 0 Å². The zero-order chi connectivity index (χ0) is 20.9. The predicted octanol–water partition coefficient (Wildman–Crippen LogP) is 3.70. The number of carbonyl (C=O) groups excluding carboxylic acids is 1. The van der Waals surface area contributed by atoms with Crippen LogP contribution in [0.2, 0.25) is 0 Å². The van der Waals surface area contributed by atoms with Crippen molar-refractivity contribution in [3.05, 3.63) is 58.8 Å². The van der Waals surface area contributed by atoms with E-state index in [0.29, 0.717) is 35.0 Å². The standard InChI is InChI=1S/C23H26N4O3/c1-16-7-5-10-18-21(16)25-15-27(23(18)29)13-20(28)26-22-19(11-6-12-24-22)30-14-17-8-3-2-4-9-17/h5-7,10-12,15,17H,2-4,8-9,13-14H2,1H3,(H,24,26,28). The number of benzene rings is 1. The number of rotatable bonds is 6. The Labute approximate surface area is 175 Å². The maximum Gasteiger partial charge on any atom is 0.261 e. The second kappa shape index (κ2) is 9.07. The van der Waals surface area contributed by atoms with Crippen LogP contribution in [0.15, 0.2) is 47.7 Å². The molecule has 7 heteroatoms. The third-order valence-corrected chi connectivity index (χ3v) is 5.60. The summed E-state index contributed by atoms with van der Waals surface area (Å²) in [5.74, 6) is 1.12. The number of fused-ring (bicyclic) bond motifs is 1. The first-order valence-corrected chi connectivity index (χ1v) is 10.4. The Morgan fingerprint density at radius 3 is 2.83 bits per heavy atom. The van der Waals surface area contributed by atoms with Gasteiger partial charge in [0.1, 0.15) is 6.54 Å². The lowest BCUT2D eigenvalue weighted by molar-refractivity contribution is -0.116. The molecule has 0 atom stereocenters. The second-order valence-corrected chi connectivity index (χ2v) is 7.86. The van der Waals surface area contributed by atoms with Gasteiger partial charge >= 0.3 is 0 Å². The summed E-state index contributed by atoms with van der Waals surface area (Å²) in [5, 5.41) is 3.27. The molecular formula is C23H26N4O3. The van der Waals surface area contributed by atoms with Crippen molar-refractivity contribution in [3.8, 4) is 5.75 Å². The summed E-state index contributed by atoms with van der Waals surface area (Å²) in [6, 6.07) is 9.03. The number of nitrogens with one attached hydrogen (secondary N) is 1. The number of aromatic nitrogens is 3. The number of ether oxygens (including phenoxy) is 1. The lowest BCUT2D eigenvalue weighted by Crippen LogP contribution is -2.28. The lowest BCUT2D eigenvalue weighted by atomic mass is 9.90. The number of anilines is 1. The average Bonchev–Trinajstić information content (AvgIpc) is 2.76. The van der Waals surface area contributed by atoms with Crippen LogP contribution in [0.1, 0.15) is 37.7 Å². The molecule has 0 spiro atoms. The van der Waals surface area contributed by atoms with Gasteiger partial charge in [-0.1, -0.05) is 31.4 Å². The van der Waals surface area contributed by atoms with Crippen molar-refractivity contribution in [1.29, 1.82) is 0 Å². The Bertz CT molecular complexity index is 1100. The van der Waals surface area contributed by atoms with Gasteiger partial charge in [0.05, 0.1) is 23.8 Å². The van der Waals surface area contributed by atoms with Crippen molar-refractivity contribution in [1.82, 2.24) is 14.5 Å². The lowest BCUT2D eigenvalue weighted by Gasteiger charge is -2.22. The van der Waals surface area contributed by atoms with E-state index in [1.54, 1.807) is 24.4 Å². The number of hydrogen-bond donors (Lipinski definition) is 1. The highest BCUT2D eigenvalue weighted by Crippen LogP contribution is 2.27. The van der Waals surface area contributed by atoms with E-state index in [9.17, 15) is 9.59 Å². The molecule has 1 fully saturated rings. The van der Waals surface area contributed by atoms with Crippen molar-refractivity contribution in [3.63, 3.8) is 0 Å². The second-order valence-electron chi connectivity index (χ2n) is 7.86. The third-order valence-electron chi connectivity index (χ3n) is 5.60. The molecule has 156 valence electrons. The first-order chi connectivity index (χ1) is 14.6. The summed E-state index contributed by atoms with van der Waals surface area (Å²) in [4.78, 5) is 33.9. The van der Waals surface area contributed by atoms with Crippen molar-refractivity contribution < 1.29 is 9.53 Å². The summed E-state index contributed by atoms with van der Waals surface area (Å²) in [5.41, 5.74) is 1.34. The molecule has 1 aromatic carbocycles. The zero-order valence-electron chi connectivity index (χ0n) is 17.1. The molecule has 2 heterocycles. The van der Waals surface area contributed by atoms with E-state index in [4.69, 9.17) is 4.74 Å². The van der Waals surface area contributed by atoms with Crippen LogP contribution in [0.4, 0.5) is 5.82 Å². The summed E-state index contributed by atoms with van der Waals surface area (Å²) < 4.78 is 7.27. The van der Waals surface area contributed by atoms with Crippen LogP contribution in [-0.4, -0.2) is 27.0 Å². The maximum absolute atomic E-state index is 12.7. The van der Waals surface area contributed by atoms with Crippen LogP contribution in [-0.2, 0) is 11.3 Å². The smallest absolute Gasteiger partial charge is 0.261 e. The molecule has 1 aliphatic rings. The largest absolute Gasteiger partial charge is 0.489 e. The Balaban J connectivity index is 1.45. The molecule has 0 aliphatic heterocycles. The number of nitrogens with zero attached hydrogens (tertiary/aromatic N) is 3. The Kier molecular flexibility index (Phi) is 6.07. The summed E-state index contributed by atoms with van der Waals surface area (Å²) in [7, 11) is 0. The third kappa shape index (κ3) is 4.50. The molecule has 0 saturated heterocycles. The highest BCUT2D eigenvalue weighted by atomic mass is 16.5. The number of aryl methyl sites for hydroxylation is 1. The van der Waals surface area contributed by atoms with E-state index >= 15 is 0 Å². The minimum atomic E-state index is -0.355. The molecule has 1 aliphatic carbocycles. The van der Waals surface area contributed by atoms with Crippen LogP contribution >= 0.6 is 0 Å². The number of hydrogen-bond acceptors (Lipinski definition) is 5. The molecule has 0 bridgehead atoms. The van der Waals surface area contributed by atoms with Crippen LogP contribution in [0.5, 0.6) is 5.75 Å². The van der Waals surface area contributed by atoms with Gasteiger partial charge < -0.3 is 10.1 Å². The van der Waals surface area contributed by atoms with Gasteiger partial charge in [0.2, 0.25) is 5.91 Å². The molecule has 4 rings (SSSR count). The van der Waals surface area contributed by atoms with Crippen LogP contribution in [0.3, 0.4) is 0 Å². The first kappa shape index (κ1) is 20.1. The minimum absolute atomic E-state index is 0.144. The van der Waals surface area contributed by atoms with Gasteiger partial charge in [-0.15, -0.1) is 0 Å². The summed E-state index contributed by atoms with van der Waals surface area (Å²) >= 11 is 0. The molecular weight excluding hydrogens is 380 g/mol. The van der Waals surface area contributed by atoms with E-state index in [-0.39, 0.29) is 18.0 Å². The highest BCUT2D eigenvalue weighted by molar-refractivity contribution is 5.91. The van der Waals surface area contributed by atoms with Crippen molar-refractivity contribution >= 4 is 22.6 Å². The van der Waals surface area contributed by atoms with Crippen LogP contribution < -0.4 is 15.6 Å². The van der Waals surface area contributed by atoms with E-state index < -0.39 is 0 Å². The average molecular weight is 406 g/mol. The molecule has 1 saturated carbocycles. The van der Waals surface area contributed by atoms with Gasteiger partial charge in [-0.25, -0.2) is 9.97 Å². The fraction of sp³-hybridized carbons (Fsp3) is 0.391. The Hall–Kier alpha value is -3.22. The topological polar surface area (TPSA) is 86.1 Å². The van der Waals surface area contributed by atoms with Crippen LogP contribution in [0.25, 0.3) is 10.9 Å². The SMILES string of the molecule is Cc1cccc2c(=O)n(CC(=O)Nc3ncccc3OCC3CCCCC3)cnc12. The van der Waals surface area contributed by atoms with E-state index in [2.05, 4.69) is 15.3 Å². The first-order valence-electron chi connectivity index (χ1n) is 10.4. The molecule has 7 nitrogen and oxygen atoms in total. The molecule has 30 heavy (non-hydrogen) atoms. The number of carbonyl (C=O) groups is 1. The monoisotopic (exact) mass is 406 g/mol. The van der Waals surface area contributed by atoms with Crippen molar-refractivity contribution in [2.45, 2.75) is 45.6 Å². The fourth-order valence-electron chi connectivity index (χ4n) is 3.94. The van der Waals surface area contributed by atoms with Crippen LogP contribution in [0, 0.1) is 12.8 Å². The van der Waals surface area contributed by atoms with Crippen molar-refractivity contribution in [2.24, 2.45) is 5.92 Å². The van der Waals surface area contributed by atoms with E-state index in [0.717, 1.165) is 5.56 Å². The fourth-order valence-corrected chi connectivity index (χ4v) is 3.94. The molecule has 1 N–H and O–H groups in total. The summed E-state index contributed by atoms with van der Waals surface area (Å²) in [6.07, 6.45) is 9.18. The molecule has 1 amide bonds. The van der Waals surface area contributed by atoms with E-state index in [1.807, 2.05) is 19.1 Å². The highest BCUT2D eigenvalue weighted by Gasteiger charge is 2.16. The van der Waals surface area contributed by atoms with Gasteiger partial charge in [-0.3, -0.25) is 14.2 Å². The number of para-hydroxylation sites is 1. The number of amides is 1. The Morgan fingerprint density at radius 2 is 2.00 bits per heavy atom. The van der Waals surface area contributed by atoms with Crippen molar-refractivity contribution in [2.75, 3.05) is 11.9 Å². The van der Waals surface area contributed by atoms with Gasteiger partial charge in [-0.05, 0) is 49.4 Å². The number of pyridine rings is 1.